The molecule has 1 amide bonds. The van der Waals surface area contributed by atoms with Crippen molar-refractivity contribution in [2.24, 2.45) is 28.1 Å². The molecular weight excluding hydrogens is 524 g/mol. The van der Waals surface area contributed by atoms with Crippen molar-refractivity contribution in [1.29, 1.82) is 0 Å². The van der Waals surface area contributed by atoms with Crippen LogP contribution in [0.3, 0.4) is 0 Å². The number of thiophene rings is 1. The summed E-state index contributed by atoms with van der Waals surface area (Å²) in [6.07, 6.45) is 3.78. The van der Waals surface area contributed by atoms with E-state index in [1.54, 1.807) is 4.90 Å². The largest absolute Gasteiger partial charge is 0.341 e. The number of benzene rings is 1. The molecule has 5 atom stereocenters. The van der Waals surface area contributed by atoms with E-state index in [2.05, 4.69) is 14.4 Å². The number of amides is 1. The van der Waals surface area contributed by atoms with E-state index in [0.29, 0.717) is 6.54 Å². The van der Waals surface area contributed by atoms with Crippen LogP contribution in [0.5, 0.6) is 0 Å². The molecule has 2 aliphatic carbocycles. The van der Waals surface area contributed by atoms with Gasteiger partial charge in [-0.1, -0.05) is 6.07 Å². The topological polar surface area (TPSA) is 142 Å². The van der Waals surface area contributed by atoms with E-state index in [-0.39, 0.29) is 51.7 Å². The third kappa shape index (κ3) is 3.84. The first-order valence-corrected chi connectivity index (χ1v) is 15.8. The summed E-state index contributed by atoms with van der Waals surface area (Å²) in [6.45, 7) is 0.377. The number of likely N-dealkylation sites (tertiary alicyclic amines) is 1. The summed E-state index contributed by atoms with van der Waals surface area (Å²) in [7, 11) is -7.91. The van der Waals surface area contributed by atoms with Crippen LogP contribution in [0.2, 0.25) is 0 Å². The number of hydrogen-bond acceptors (Lipinski definition) is 8. The van der Waals surface area contributed by atoms with Crippen LogP contribution in [-0.2, 0) is 36.2 Å². The minimum absolute atomic E-state index is 0.0667. The molecule has 1 aromatic carbocycles. The van der Waals surface area contributed by atoms with Crippen LogP contribution in [0.4, 0.5) is 11.4 Å². The number of nitrogens with one attached hydrogen (secondary N) is 2. The Hall–Kier alpha value is -2.77. The van der Waals surface area contributed by atoms with Gasteiger partial charge in [0.05, 0.1) is 18.5 Å². The SMILES string of the molecule is CS(=O)(=O)Nc1ccc2c(c1)S(=O)(=O)N=C(C1C(=O)C3C4CCC(C4)C3N(Cc3cccs3)C1=O)N2. The lowest BCUT2D eigenvalue weighted by Gasteiger charge is -2.45. The Kier molecular flexibility index (Phi) is 5.33. The second-order valence-corrected chi connectivity index (χ2v) is 14.2. The van der Waals surface area contributed by atoms with Crippen molar-refractivity contribution < 1.29 is 26.4 Å². The van der Waals surface area contributed by atoms with Crippen molar-refractivity contribution in [3.05, 3.63) is 40.6 Å². The molecule has 3 fully saturated rings. The van der Waals surface area contributed by atoms with Crippen molar-refractivity contribution in [3.8, 4) is 0 Å². The number of fused-ring (bicyclic) bond motifs is 6. The monoisotopic (exact) mass is 548 g/mol. The highest BCUT2D eigenvalue weighted by molar-refractivity contribution is 7.92. The molecule has 4 aliphatic rings. The van der Waals surface area contributed by atoms with Gasteiger partial charge in [0.15, 0.2) is 11.7 Å². The molecule has 190 valence electrons. The van der Waals surface area contributed by atoms with Gasteiger partial charge in [-0.25, -0.2) is 8.42 Å². The zero-order valence-electron chi connectivity index (χ0n) is 19.2. The van der Waals surface area contributed by atoms with Crippen LogP contribution in [-0.4, -0.2) is 51.6 Å². The molecule has 6 rings (SSSR count). The van der Waals surface area contributed by atoms with Gasteiger partial charge in [0.25, 0.3) is 10.0 Å². The lowest BCUT2D eigenvalue weighted by molar-refractivity contribution is -0.153. The number of sulfonamides is 2. The quantitative estimate of drug-likeness (QED) is 0.546. The van der Waals surface area contributed by atoms with Crippen LogP contribution in [0.15, 0.2) is 45.0 Å². The Morgan fingerprint density at radius 1 is 1.19 bits per heavy atom. The minimum atomic E-state index is -4.30. The molecule has 0 spiro atoms. The number of nitrogens with zero attached hydrogens (tertiary/aromatic N) is 2. The number of hydrogen-bond donors (Lipinski definition) is 2. The second-order valence-electron chi connectivity index (χ2n) is 9.89. The molecule has 1 aromatic heterocycles. The molecule has 2 aromatic rings. The van der Waals surface area contributed by atoms with E-state index < -0.39 is 31.9 Å². The molecule has 10 nitrogen and oxygen atoms in total. The maximum atomic E-state index is 13.8. The number of rotatable bonds is 5. The normalized spacial score (nSPS) is 30.4. The first kappa shape index (κ1) is 23.6. The van der Waals surface area contributed by atoms with Crippen molar-refractivity contribution in [3.63, 3.8) is 0 Å². The van der Waals surface area contributed by atoms with Gasteiger partial charge in [0.2, 0.25) is 15.9 Å². The molecule has 2 bridgehead atoms. The number of carbonyl (C=O) groups is 2. The fourth-order valence-corrected chi connectivity index (χ4v) is 8.76. The smallest absolute Gasteiger partial charge is 0.286 e. The molecule has 1 saturated heterocycles. The fraction of sp³-hybridized carbons (Fsp3) is 0.435. The summed E-state index contributed by atoms with van der Waals surface area (Å²) >= 11 is 1.54. The van der Waals surface area contributed by atoms with Gasteiger partial charge in [-0.3, -0.25) is 14.3 Å². The van der Waals surface area contributed by atoms with Crippen molar-refractivity contribution in [2.75, 3.05) is 16.3 Å². The van der Waals surface area contributed by atoms with E-state index in [1.165, 1.54) is 29.5 Å². The number of Topliss-reactive ketones (excluding diaryl/α,β-unsaturated/α-hetero) is 1. The van der Waals surface area contributed by atoms with Crippen LogP contribution < -0.4 is 10.0 Å². The van der Waals surface area contributed by atoms with Gasteiger partial charge < -0.3 is 10.2 Å². The summed E-state index contributed by atoms with van der Waals surface area (Å²) in [5.74, 6) is -2.09. The summed E-state index contributed by atoms with van der Waals surface area (Å²) in [5.41, 5.74) is 0.205. The maximum Gasteiger partial charge on any atom is 0.286 e. The Labute approximate surface area is 212 Å². The summed E-state index contributed by atoms with van der Waals surface area (Å²) < 4.78 is 55.5. The minimum Gasteiger partial charge on any atom is -0.341 e. The fourth-order valence-electron chi connectivity index (χ4n) is 6.32. The Morgan fingerprint density at radius 3 is 2.69 bits per heavy atom. The standard InChI is InChI=1S/C23H24N4O6S3/c1-35(30,31)25-14-6-7-16-17(10-14)36(32,33)26-22(24-16)19-21(28)18-12-4-5-13(9-12)20(18)27(23(19)29)11-15-3-2-8-34-15/h2-3,6-8,10,12-13,18-20,25H,4-5,9,11H2,1H3,(H,24,26). The maximum absolute atomic E-state index is 13.8. The number of carbonyl (C=O) groups excluding carboxylic acids is 2. The van der Waals surface area contributed by atoms with Crippen molar-refractivity contribution in [1.82, 2.24) is 4.90 Å². The average Bonchev–Trinajstić information content (AvgIpc) is 3.54. The van der Waals surface area contributed by atoms with Gasteiger partial charge in [-0.05, 0) is 60.7 Å². The van der Waals surface area contributed by atoms with Gasteiger partial charge in [0, 0.05) is 22.5 Å². The molecule has 0 radical (unpaired) electrons. The summed E-state index contributed by atoms with van der Waals surface area (Å²) in [6, 6.07) is 7.67. The predicted octanol–water partition coefficient (Wildman–Crippen LogP) is 2.27. The van der Waals surface area contributed by atoms with Crippen molar-refractivity contribution >= 4 is 60.3 Å². The summed E-state index contributed by atoms with van der Waals surface area (Å²) in [4.78, 5) is 30.1. The second kappa shape index (κ2) is 8.12. The van der Waals surface area contributed by atoms with Crippen LogP contribution in [0.1, 0.15) is 24.1 Å². The number of amidine groups is 1. The highest BCUT2D eigenvalue weighted by Crippen LogP contribution is 2.54. The van der Waals surface area contributed by atoms with Crippen molar-refractivity contribution in [2.45, 2.75) is 36.7 Å². The predicted molar refractivity (Wildman–Crippen MR) is 135 cm³/mol. The first-order chi connectivity index (χ1) is 17.0. The molecular formula is C23H24N4O6S3. The molecule has 3 heterocycles. The van der Waals surface area contributed by atoms with E-state index in [9.17, 15) is 26.4 Å². The third-order valence-corrected chi connectivity index (χ3v) is 10.4. The van der Waals surface area contributed by atoms with E-state index in [1.807, 2.05) is 17.5 Å². The average molecular weight is 549 g/mol. The van der Waals surface area contributed by atoms with E-state index in [0.717, 1.165) is 30.4 Å². The first-order valence-electron chi connectivity index (χ1n) is 11.6. The lowest BCUT2D eigenvalue weighted by Crippen LogP contribution is -2.61. The molecule has 36 heavy (non-hydrogen) atoms. The zero-order valence-corrected chi connectivity index (χ0v) is 21.7. The van der Waals surface area contributed by atoms with E-state index in [4.69, 9.17) is 0 Å². The molecule has 2 saturated carbocycles. The number of ketones is 1. The number of piperidine rings is 1. The molecule has 13 heteroatoms. The molecule has 2 N–H and O–H groups in total. The summed E-state index contributed by atoms with van der Waals surface area (Å²) in [5, 5.41) is 4.84. The third-order valence-electron chi connectivity index (χ3n) is 7.60. The Balaban J connectivity index is 1.38. The van der Waals surface area contributed by atoms with Crippen LogP contribution in [0.25, 0.3) is 0 Å². The Bertz CT molecular complexity index is 1520. The molecule has 5 unspecified atom stereocenters. The highest BCUT2D eigenvalue weighted by atomic mass is 32.2. The zero-order chi connectivity index (χ0) is 25.4. The molecule has 2 aliphatic heterocycles. The van der Waals surface area contributed by atoms with Crippen LogP contribution in [0, 0.1) is 23.7 Å². The van der Waals surface area contributed by atoms with Crippen LogP contribution >= 0.6 is 11.3 Å². The van der Waals surface area contributed by atoms with Gasteiger partial charge in [0.1, 0.15) is 10.7 Å². The highest BCUT2D eigenvalue weighted by Gasteiger charge is 2.60. The van der Waals surface area contributed by atoms with E-state index >= 15 is 0 Å². The number of anilines is 2. The Morgan fingerprint density at radius 2 is 1.97 bits per heavy atom. The lowest BCUT2D eigenvalue weighted by atomic mass is 9.73. The van der Waals surface area contributed by atoms with Gasteiger partial charge in [-0.2, -0.15) is 8.42 Å². The van der Waals surface area contributed by atoms with Gasteiger partial charge in [-0.15, -0.1) is 15.7 Å². The van der Waals surface area contributed by atoms with Gasteiger partial charge >= 0.3 is 0 Å².